The molecule has 2 fully saturated rings. The fourth-order valence-corrected chi connectivity index (χ4v) is 2.73. The van der Waals surface area contributed by atoms with Gasteiger partial charge in [0.2, 0.25) is 11.8 Å². The van der Waals surface area contributed by atoms with Gasteiger partial charge in [-0.2, -0.15) is 4.98 Å². The third kappa shape index (κ3) is 2.74. The van der Waals surface area contributed by atoms with E-state index in [2.05, 4.69) is 9.97 Å². The lowest BCUT2D eigenvalue weighted by atomic mass is 9.92. The number of morpholine rings is 1. The molecule has 2 N–H and O–H groups in total. The van der Waals surface area contributed by atoms with Gasteiger partial charge in [0, 0.05) is 32.6 Å². The van der Waals surface area contributed by atoms with E-state index in [1.165, 1.54) is 0 Å². The number of hydrogen-bond acceptors (Lipinski definition) is 8. The van der Waals surface area contributed by atoms with E-state index in [-0.39, 0.29) is 17.1 Å². The zero-order valence-electron chi connectivity index (χ0n) is 11.5. The van der Waals surface area contributed by atoms with E-state index in [4.69, 9.17) is 15.2 Å². The average Bonchev–Trinajstić information content (AvgIpc) is 2.47. The zero-order valence-corrected chi connectivity index (χ0v) is 11.5. The number of nitrogen functional groups attached to an aromatic ring is 1. The lowest BCUT2D eigenvalue weighted by Gasteiger charge is -2.44. The summed E-state index contributed by atoms with van der Waals surface area (Å²) < 4.78 is 11.3. The van der Waals surface area contributed by atoms with Crippen molar-refractivity contribution in [3.8, 4) is 0 Å². The van der Waals surface area contributed by atoms with Crippen LogP contribution in [0.15, 0.2) is 6.20 Å². The Balaban J connectivity index is 1.80. The Labute approximate surface area is 121 Å². The normalized spacial score (nSPS) is 21.4. The molecule has 0 bridgehead atoms. The predicted octanol–water partition coefficient (Wildman–Crippen LogP) is 0.353. The summed E-state index contributed by atoms with van der Waals surface area (Å²) in [4.78, 5) is 20.3. The Morgan fingerprint density at radius 1 is 1.38 bits per heavy atom. The Morgan fingerprint density at radius 3 is 2.81 bits per heavy atom. The molecule has 0 aromatic carbocycles. The van der Waals surface area contributed by atoms with E-state index < -0.39 is 4.92 Å². The van der Waals surface area contributed by atoms with E-state index in [0.29, 0.717) is 38.9 Å². The van der Waals surface area contributed by atoms with Gasteiger partial charge in [0.1, 0.15) is 6.20 Å². The number of anilines is 2. The van der Waals surface area contributed by atoms with Crippen molar-refractivity contribution in [3.05, 3.63) is 16.3 Å². The van der Waals surface area contributed by atoms with E-state index in [0.717, 1.165) is 19.0 Å². The molecule has 0 aliphatic carbocycles. The minimum Gasteiger partial charge on any atom is -0.381 e. The van der Waals surface area contributed by atoms with Gasteiger partial charge in [-0.1, -0.05) is 0 Å². The van der Waals surface area contributed by atoms with Gasteiger partial charge in [-0.15, -0.1) is 0 Å². The highest BCUT2D eigenvalue weighted by Crippen LogP contribution is 2.31. The van der Waals surface area contributed by atoms with Crippen molar-refractivity contribution in [2.45, 2.75) is 18.4 Å². The van der Waals surface area contributed by atoms with Crippen molar-refractivity contribution in [3.63, 3.8) is 0 Å². The third-order valence-corrected chi connectivity index (χ3v) is 3.92. The Bertz CT molecular complexity index is 541. The molecule has 114 valence electrons. The van der Waals surface area contributed by atoms with Crippen molar-refractivity contribution in [1.82, 2.24) is 9.97 Å². The molecule has 0 saturated carbocycles. The van der Waals surface area contributed by atoms with Crippen LogP contribution in [-0.4, -0.2) is 53.4 Å². The molecular weight excluding hydrogens is 278 g/mol. The second-order valence-corrected chi connectivity index (χ2v) is 5.26. The van der Waals surface area contributed by atoms with Crippen molar-refractivity contribution >= 4 is 17.5 Å². The molecule has 0 unspecified atom stereocenters. The minimum absolute atomic E-state index is 0.113. The quantitative estimate of drug-likeness (QED) is 0.613. The van der Waals surface area contributed by atoms with Gasteiger partial charge in [-0.25, -0.2) is 4.98 Å². The van der Waals surface area contributed by atoms with E-state index in [1.54, 1.807) is 0 Å². The molecule has 0 radical (unpaired) electrons. The zero-order chi connectivity index (χ0) is 14.9. The summed E-state index contributed by atoms with van der Waals surface area (Å²) in [5.74, 6) is 0.296. The Morgan fingerprint density at radius 2 is 2.14 bits per heavy atom. The van der Waals surface area contributed by atoms with Crippen LogP contribution in [0.2, 0.25) is 0 Å². The second kappa shape index (κ2) is 5.41. The van der Waals surface area contributed by atoms with Gasteiger partial charge < -0.3 is 20.1 Å². The molecule has 9 nitrogen and oxygen atoms in total. The molecule has 3 heterocycles. The summed E-state index contributed by atoms with van der Waals surface area (Å²) in [5.41, 5.74) is 5.12. The van der Waals surface area contributed by atoms with Gasteiger partial charge in [-0.05, 0) is 0 Å². The maximum atomic E-state index is 10.7. The number of rotatable bonds is 2. The molecule has 21 heavy (non-hydrogen) atoms. The summed E-state index contributed by atoms with van der Waals surface area (Å²) in [7, 11) is 0. The third-order valence-electron chi connectivity index (χ3n) is 3.92. The maximum Gasteiger partial charge on any atom is 0.329 e. The van der Waals surface area contributed by atoms with Crippen molar-refractivity contribution < 1.29 is 14.4 Å². The fourth-order valence-electron chi connectivity index (χ4n) is 2.73. The average molecular weight is 295 g/mol. The summed E-state index contributed by atoms with van der Waals surface area (Å²) in [5, 5.41) is 10.7. The highest BCUT2D eigenvalue weighted by Gasteiger charge is 2.39. The summed E-state index contributed by atoms with van der Waals surface area (Å²) in [6.07, 6.45) is 2.81. The van der Waals surface area contributed by atoms with Gasteiger partial charge in [-0.3, -0.25) is 10.1 Å². The van der Waals surface area contributed by atoms with Crippen LogP contribution < -0.4 is 10.6 Å². The van der Waals surface area contributed by atoms with Crippen LogP contribution in [0.1, 0.15) is 12.8 Å². The summed E-state index contributed by atoms with van der Waals surface area (Å²) in [6, 6.07) is 0. The molecular formula is C12H17N5O4. The first-order valence-corrected chi connectivity index (χ1v) is 6.83. The number of nitrogens with zero attached hydrogens (tertiary/aromatic N) is 4. The van der Waals surface area contributed by atoms with Gasteiger partial charge >= 0.3 is 5.69 Å². The molecule has 9 heteroatoms. The molecule has 1 aromatic rings. The molecule has 0 amide bonds. The lowest BCUT2D eigenvalue weighted by Crippen LogP contribution is -2.55. The molecule has 2 saturated heterocycles. The first-order valence-electron chi connectivity index (χ1n) is 6.83. The standard InChI is InChI=1S/C12H17N5O4/c13-10-9(17(18)19)7-14-11(15-10)16-3-6-21-12(8-16)1-4-20-5-2-12/h7H,1-6,8H2,(H2,13,14,15). The Hall–Kier alpha value is -2.00. The van der Waals surface area contributed by atoms with Crippen LogP contribution >= 0.6 is 0 Å². The van der Waals surface area contributed by atoms with Crippen LogP contribution in [0, 0.1) is 10.1 Å². The maximum absolute atomic E-state index is 10.7. The highest BCUT2D eigenvalue weighted by atomic mass is 16.6. The van der Waals surface area contributed by atoms with Crippen molar-refractivity contribution in [2.24, 2.45) is 0 Å². The van der Waals surface area contributed by atoms with Gasteiger partial charge in [0.05, 0.1) is 23.7 Å². The minimum atomic E-state index is -0.585. The number of nitro groups is 1. The van der Waals surface area contributed by atoms with Crippen LogP contribution in [0.3, 0.4) is 0 Å². The highest BCUT2D eigenvalue weighted by molar-refractivity contribution is 5.54. The molecule has 2 aliphatic heterocycles. The fraction of sp³-hybridized carbons (Fsp3) is 0.667. The molecule has 3 rings (SSSR count). The first kappa shape index (κ1) is 14.0. The number of ether oxygens (including phenoxy) is 2. The van der Waals surface area contributed by atoms with Gasteiger partial charge in [0.15, 0.2) is 0 Å². The predicted molar refractivity (Wildman–Crippen MR) is 74.0 cm³/mol. The van der Waals surface area contributed by atoms with Crippen molar-refractivity contribution in [1.29, 1.82) is 0 Å². The van der Waals surface area contributed by atoms with Crippen LogP contribution in [0.5, 0.6) is 0 Å². The summed E-state index contributed by atoms with van der Waals surface area (Å²) in [6.45, 7) is 3.21. The van der Waals surface area contributed by atoms with Crippen LogP contribution in [-0.2, 0) is 9.47 Å². The van der Waals surface area contributed by atoms with E-state index >= 15 is 0 Å². The van der Waals surface area contributed by atoms with Crippen LogP contribution in [0.25, 0.3) is 0 Å². The van der Waals surface area contributed by atoms with Crippen molar-refractivity contribution in [2.75, 3.05) is 43.5 Å². The number of hydrogen-bond donors (Lipinski definition) is 1. The largest absolute Gasteiger partial charge is 0.381 e. The Kier molecular flexibility index (Phi) is 3.60. The van der Waals surface area contributed by atoms with Crippen LogP contribution in [0.4, 0.5) is 17.5 Å². The smallest absolute Gasteiger partial charge is 0.329 e. The monoisotopic (exact) mass is 295 g/mol. The molecule has 2 aliphatic rings. The molecule has 0 atom stereocenters. The van der Waals surface area contributed by atoms with E-state index in [9.17, 15) is 10.1 Å². The number of aromatic nitrogens is 2. The first-order chi connectivity index (χ1) is 10.1. The second-order valence-electron chi connectivity index (χ2n) is 5.26. The molecule has 1 spiro atoms. The summed E-state index contributed by atoms with van der Waals surface area (Å²) >= 11 is 0. The topological polar surface area (TPSA) is 117 Å². The SMILES string of the molecule is Nc1nc(N2CCOC3(CCOCC3)C2)ncc1[N+](=O)[O-]. The number of nitrogens with two attached hydrogens (primary N) is 1. The van der Waals surface area contributed by atoms with Gasteiger partial charge in [0.25, 0.3) is 0 Å². The lowest BCUT2D eigenvalue weighted by molar-refractivity contribution is -0.384. The molecule has 1 aromatic heterocycles. The van der Waals surface area contributed by atoms with E-state index in [1.807, 2.05) is 4.90 Å².